The van der Waals surface area contributed by atoms with E-state index in [1.54, 1.807) is 0 Å². The van der Waals surface area contributed by atoms with E-state index in [2.05, 4.69) is 26.1 Å². The third-order valence-electron chi connectivity index (χ3n) is 3.68. The van der Waals surface area contributed by atoms with Crippen LogP contribution in [0, 0.1) is 6.92 Å². The normalized spacial score (nSPS) is 20.0. The van der Waals surface area contributed by atoms with Crippen molar-refractivity contribution in [2.24, 2.45) is 0 Å². The molecular weight excluding hydrogens is 232 g/mol. The minimum absolute atomic E-state index is 0.0698. The maximum Gasteiger partial charge on any atom is 0.125 e. The quantitative estimate of drug-likeness (QED) is 0.876. The van der Waals surface area contributed by atoms with E-state index in [-0.39, 0.29) is 5.60 Å². The Morgan fingerprint density at radius 1 is 1.53 bits per heavy atom. The van der Waals surface area contributed by atoms with E-state index in [0.29, 0.717) is 6.04 Å². The maximum atomic E-state index is 5.70. The number of thiazole rings is 1. The average Bonchev–Trinajstić information content (AvgIpc) is 2.60. The van der Waals surface area contributed by atoms with Gasteiger partial charge in [0.1, 0.15) is 10.6 Å². The van der Waals surface area contributed by atoms with Crippen molar-refractivity contribution < 1.29 is 4.74 Å². The fraction of sp³-hybridized carbons (Fsp3) is 0.769. The van der Waals surface area contributed by atoms with Crippen molar-refractivity contribution in [1.29, 1.82) is 0 Å². The molecule has 1 heterocycles. The van der Waals surface area contributed by atoms with Gasteiger partial charge in [-0.15, -0.1) is 11.3 Å². The number of aromatic nitrogens is 1. The largest absolute Gasteiger partial charge is 0.371 e. The van der Waals surface area contributed by atoms with E-state index in [4.69, 9.17) is 9.72 Å². The molecule has 0 bridgehead atoms. The van der Waals surface area contributed by atoms with E-state index in [9.17, 15) is 0 Å². The van der Waals surface area contributed by atoms with Crippen molar-refractivity contribution in [3.05, 3.63) is 15.6 Å². The lowest BCUT2D eigenvalue weighted by Gasteiger charge is -2.38. The summed E-state index contributed by atoms with van der Waals surface area (Å²) >= 11 is 1.82. The summed E-state index contributed by atoms with van der Waals surface area (Å²) < 4.78 is 5.70. The van der Waals surface area contributed by atoms with Crippen LogP contribution in [0.25, 0.3) is 0 Å². The van der Waals surface area contributed by atoms with Crippen LogP contribution in [-0.4, -0.2) is 18.6 Å². The molecule has 17 heavy (non-hydrogen) atoms. The van der Waals surface area contributed by atoms with Gasteiger partial charge < -0.3 is 10.1 Å². The Hall–Kier alpha value is -0.450. The predicted octanol–water partition coefficient (Wildman–Crippen LogP) is 3.15. The third-order valence-corrected chi connectivity index (χ3v) is 5.20. The van der Waals surface area contributed by atoms with Gasteiger partial charge in [-0.25, -0.2) is 4.98 Å². The van der Waals surface area contributed by atoms with Gasteiger partial charge in [0, 0.05) is 18.0 Å². The molecule has 1 fully saturated rings. The van der Waals surface area contributed by atoms with Crippen molar-refractivity contribution in [1.82, 2.24) is 10.3 Å². The van der Waals surface area contributed by atoms with Gasteiger partial charge in [0.05, 0.1) is 5.69 Å². The number of nitrogens with one attached hydrogen (secondary N) is 1. The molecule has 1 aliphatic rings. The molecule has 1 aliphatic carbocycles. The molecule has 1 aromatic heterocycles. The van der Waals surface area contributed by atoms with Crippen LogP contribution in [0.5, 0.6) is 0 Å². The van der Waals surface area contributed by atoms with Gasteiger partial charge in [-0.3, -0.25) is 0 Å². The highest BCUT2D eigenvalue weighted by Crippen LogP contribution is 2.46. The SMILES string of the molecule is CCNC(C)c1sc(C2(OC)CCC2)nc1C. The molecule has 0 saturated heterocycles. The maximum absolute atomic E-state index is 5.70. The highest BCUT2D eigenvalue weighted by molar-refractivity contribution is 7.12. The molecule has 1 saturated carbocycles. The van der Waals surface area contributed by atoms with Gasteiger partial charge in [0.25, 0.3) is 0 Å². The second-order valence-corrected chi connectivity index (χ2v) is 5.83. The first-order chi connectivity index (χ1) is 8.13. The summed E-state index contributed by atoms with van der Waals surface area (Å²) in [6.45, 7) is 7.43. The first-order valence-corrected chi connectivity index (χ1v) is 7.21. The lowest BCUT2D eigenvalue weighted by atomic mass is 9.80. The Kier molecular flexibility index (Phi) is 3.85. The van der Waals surface area contributed by atoms with Gasteiger partial charge in [0.2, 0.25) is 0 Å². The second-order valence-electron chi connectivity index (χ2n) is 4.80. The van der Waals surface area contributed by atoms with Gasteiger partial charge >= 0.3 is 0 Å². The van der Waals surface area contributed by atoms with Gasteiger partial charge in [-0.2, -0.15) is 0 Å². The molecule has 1 aromatic rings. The fourth-order valence-corrected chi connectivity index (χ4v) is 3.72. The van der Waals surface area contributed by atoms with Crippen LogP contribution in [0.4, 0.5) is 0 Å². The summed E-state index contributed by atoms with van der Waals surface area (Å²) in [7, 11) is 1.81. The van der Waals surface area contributed by atoms with Crippen molar-refractivity contribution >= 4 is 11.3 Å². The molecule has 1 atom stereocenters. The van der Waals surface area contributed by atoms with Crippen molar-refractivity contribution in [3.63, 3.8) is 0 Å². The Morgan fingerprint density at radius 2 is 2.24 bits per heavy atom. The zero-order valence-electron chi connectivity index (χ0n) is 11.2. The molecule has 0 aromatic carbocycles. The summed E-state index contributed by atoms with van der Waals surface area (Å²) in [5.41, 5.74) is 1.08. The molecule has 0 amide bonds. The Bertz CT molecular complexity index is 379. The lowest BCUT2D eigenvalue weighted by molar-refractivity contribution is -0.0780. The van der Waals surface area contributed by atoms with Crippen LogP contribution in [-0.2, 0) is 10.3 Å². The Morgan fingerprint density at radius 3 is 2.71 bits per heavy atom. The van der Waals surface area contributed by atoms with Crippen LogP contribution in [0.3, 0.4) is 0 Å². The van der Waals surface area contributed by atoms with Crippen LogP contribution in [0.15, 0.2) is 0 Å². The summed E-state index contributed by atoms with van der Waals surface area (Å²) in [5.74, 6) is 0. The standard InChI is InChI=1S/C13H22N2OS/c1-5-14-9(2)11-10(3)15-12(17-11)13(16-4)7-6-8-13/h9,14H,5-8H2,1-4H3. The molecular formula is C13H22N2OS. The first-order valence-electron chi connectivity index (χ1n) is 6.39. The number of hydrogen-bond acceptors (Lipinski definition) is 4. The average molecular weight is 254 g/mol. The highest BCUT2D eigenvalue weighted by Gasteiger charge is 2.42. The number of aryl methyl sites for hydroxylation is 1. The monoisotopic (exact) mass is 254 g/mol. The second kappa shape index (κ2) is 5.04. The summed E-state index contributed by atoms with van der Waals surface area (Å²) in [6, 6.07) is 0.389. The number of ether oxygens (including phenoxy) is 1. The van der Waals surface area contributed by atoms with E-state index in [0.717, 1.165) is 25.1 Å². The number of methoxy groups -OCH3 is 1. The third kappa shape index (κ3) is 2.26. The summed E-state index contributed by atoms with van der Waals surface area (Å²) in [5, 5.41) is 4.62. The van der Waals surface area contributed by atoms with Gasteiger partial charge in [0.15, 0.2) is 0 Å². The van der Waals surface area contributed by atoms with E-state index >= 15 is 0 Å². The topological polar surface area (TPSA) is 34.1 Å². The predicted molar refractivity (Wildman–Crippen MR) is 71.5 cm³/mol. The number of nitrogens with zero attached hydrogens (tertiary/aromatic N) is 1. The van der Waals surface area contributed by atoms with Crippen LogP contribution < -0.4 is 5.32 Å². The molecule has 1 N–H and O–H groups in total. The Balaban J connectivity index is 2.23. The molecule has 0 aliphatic heterocycles. The molecule has 4 heteroatoms. The van der Waals surface area contributed by atoms with Crippen molar-refractivity contribution in [2.45, 2.75) is 51.7 Å². The summed E-state index contributed by atoms with van der Waals surface area (Å²) in [6.07, 6.45) is 3.49. The van der Waals surface area contributed by atoms with Crippen LogP contribution >= 0.6 is 11.3 Å². The molecule has 2 rings (SSSR count). The zero-order chi connectivity index (χ0) is 12.5. The zero-order valence-corrected chi connectivity index (χ0v) is 12.0. The summed E-state index contributed by atoms with van der Waals surface area (Å²) in [4.78, 5) is 6.08. The van der Waals surface area contributed by atoms with Gasteiger partial charge in [-0.1, -0.05) is 6.92 Å². The van der Waals surface area contributed by atoms with E-state index in [1.807, 2.05) is 18.4 Å². The highest BCUT2D eigenvalue weighted by atomic mass is 32.1. The number of rotatable bonds is 5. The van der Waals surface area contributed by atoms with E-state index < -0.39 is 0 Å². The fourth-order valence-electron chi connectivity index (χ4n) is 2.41. The molecule has 0 radical (unpaired) electrons. The van der Waals surface area contributed by atoms with Crippen LogP contribution in [0.1, 0.15) is 54.7 Å². The first kappa shape index (κ1) is 13.0. The van der Waals surface area contributed by atoms with E-state index in [1.165, 1.54) is 16.3 Å². The molecule has 1 unspecified atom stereocenters. The lowest BCUT2D eigenvalue weighted by Crippen LogP contribution is -2.35. The van der Waals surface area contributed by atoms with Crippen molar-refractivity contribution in [3.8, 4) is 0 Å². The minimum Gasteiger partial charge on any atom is -0.371 e. The molecule has 0 spiro atoms. The minimum atomic E-state index is -0.0698. The molecule has 3 nitrogen and oxygen atoms in total. The smallest absolute Gasteiger partial charge is 0.125 e. The number of hydrogen-bond donors (Lipinski definition) is 1. The molecule has 96 valence electrons. The Labute approximate surface area is 108 Å². The van der Waals surface area contributed by atoms with Crippen molar-refractivity contribution in [2.75, 3.05) is 13.7 Å². The van der Waals surface area contributed by atoms with Gasteiger partial charge in [-0.05, 0) is 39.7 Å². The van der Waals surface area contributed by atoms with Crippen LogP contribution in [0.2, 0.25) is 0 Å².